The van der Waals surface area contributed by atoms with Crippen molar-refractivity contribution in [1.29, 1.82) is 0 Å². The molecule has 4 N–H and O–H groups in total. The predicted molar refractivity (Wildman–Crippen MR) is 64.2 cm³/mol. The number of hydrogen-bond donors (Lipinski definition) is 3. The van der Waals surface area contributed by atoms with E-state index in [0.717, 1.165) is 11.3 Å². The Balaban J connectivity index is 3.01. The summed E-state index contributed by atoms with van der Waals surface area (Å²) < 4.78 is 0. The Bertz CT molecular complexity index is 373. The molecule has 0 aliphatic heterocycles. The summed E-state index contributed by atoms with van der Waals surface area (Å²) in [5.41, 5.74) is 6.83. The van der Waals surface area contributed by atoms with Crippen LogP contribution in [0.1, 0.15) is 19.4 Å². The lowest BCUT2D eigenvalue weighted by Gasteiger charge is -2.26. The minimum absolute atomic E-state index is 0.0208. The minimum Gasteiger partial charge on any atom is -0.395 e. The summed E-state index contributed by atoms with van der Waals surface area (Å²) in [7, 11) is 0. The summed E-state index contributed by atoms with van der Waals surface area (Å²) >= 11 is 0. The fourth-order valence-corrected chi connectivity index (χ4v) is 1.45. The molecule has 0 heterocycles. The molecule has 4 heteroatoms. The molecule has 0 saturated carbocycles. The van der Waals surface area contributed by atoms with Crippen molar-refractivity contribution in [3.8, 4) is 0 Å². The molecule has 0 spiro atoms. The van der Waals surface area contributed by atoms with Crippen LogP contribution in [0.5, 0.6) is 0 Å². The molecule has 0 aliphatic carbocycles. The molecular weight excluding hydrogens is 204 g/mol. The van der Waals surface area contributed by atoms with E-state index in [0.29, 0.717) is 6.54 Å². The molecule has 1 rings (SSSR count). The Labute approximate surface area is 95.5 Å². The van der Waals surface area contributed by atoms with Gasteiger partial charge in [0.05, 0.1) is 6.61 Å². The van der Waals surface area contributed by atoms with E-state index in [4.69, 9.17) is 5.73 Å². The third-order valence-corrected chi connectivity index (χ3v) is 2.68. The van der Waals surface area contributed by atoms with Gasteiger partial charge in [-0.2, -0.15) is 0 Å². The van der Waals surface area contributed by atoms with Gasteiger partial charge < -0.3 is 16.2 Å². The van der Waals surface area contributed by atoms with E-state index in [9.17, 15) is 9.90 Å². The van der Waals surface area contributed by atoms with Gasteiger partial charge in [0, 0.05) is 24.6 Å². The van der Waals surface area contributed by atoms with E-state index in [1.165, 1.54) is 6.92 Å². The van der Waals surface area contributed by atoms with Crippen molar-refractivity contribution < 1.29 is 9.90 Å². The zero-order valence-electron chi connectivity index (χ0n) is 9.66. The van der Waals surface area contributed by atoms with E-state index >= 15 is 0 Å². The SMILES string of the molecule is CC(=O)Nc1cccc(C(C)(CN)CO)c1. The number of rotatable bonds is 4. The van der Waals surface area contributed by atoms with Crippen LogP contribution in [-0.2, 0) is 10.2 Å². The zero-order chi connectivity index (χ0) is 12.2. The Morgan fingerprint density at radius 1 is 1.56 bits per heavy atom. The van der Waals surface area contributed by atoms with Gasteiger partial charge in [-0.3, -0.25) is 4.79 Å². The van der Waals surface area contributed by atoms with Gasteiger partial charge in [-0.1, -0.05) is 19.1 Å². The number of carbonyl (C=O) groups is 1. The smallest absolute Gasteiger partial charge is 0.221 e. The van der Waals surface area contributed by atoms with E-state index in [1.807, 2.05) is 25.1 Å². The molecule has 4 nitrogen and oxygen atoms in total. The molecule has 0 bridgehead atoms. The van der Waals surface area contributed by atoms with E-state index in [2.05, 4.69) is 5.32 Å². The Hall–Kier alpha value is -1.39. The highest BCUT2D eigenvalue weighted by molar-refractivity contribution is 5.88. The van der Waals surface area contributed by atoms with Crippen LogP contribution < -0.4 is 11.1 Å². The fraction of sp³-hybridized carbons (Fsp3) is 0.417. The van der Waals surface area contributed by atoms with Crippen molar-refractivity contribution in [2.24, 2.45) is 5.73 Å². The van der Waals surface area contributed by atoms with Crippen LogP contribution in [0.15, 0.2) is 24.3 Å². The molecule has 1 unspecified atom stereocenters. The van der Waals surface area contributed by atoms with Crippen LogP contribution in [0.3, 0.4) is 0 Å². The highest BCUT2D eigenvalue weighted by atomic mass is 16.3. The number of benzene rings is 1. The Morgan fingerprint density at radius 3 is 2.75 bits per heavy atom. The number of nitrogens with one attached hydrogen (secondary N) is 1. The summed E-state index contributed by atoms with van der Waals surface area (Å²) in [5, 5.41) is 12.0. The van der Waals surface area contributed by atoms with Crippen molar-refractivity contribution in [3.05, 3.63) is 29.8 Å². The first-order valence-electron chi connectivity index (χ1n) is 5.21. The van der Waals surface area contributed by atoms with Crippen LogP contribution in [-0.4, -0.2) is 24.2 Å². The second kappa shape index (κ2) is 5.09. The quantitative estimate of drug-likeness (QED) is 0.707. The van der Waals surface area contributed by atoms with Gasteiger partial charge in [-0.15, -0.1) is 0 Å². The second-order valence-corrected chi connectivity index (χ2v) is 4.18. The van der Waals surface area contributed by atoms with Gasteiger partial charge in [0.25, 0.3) is 0 Å². The van der Waals surface area contributed by atoms with Crippen LogP contribution in [0, 0.1) is 0 Å². The van der Waals surface area contributed by atoms with Crippen LogP contribution >= 0.6 is 0 Å². The maximum Gasteiger partial charge on any atom is 0.221 e. The molecule has 0 aliphatic rings. The third kappa shape index (κ3) is 2.81. The standard InChI is InChI=1S/C12H18N2O2/c1-9(16)14-11-5-3-4-10(6-11)12(2,7-13)8-15/h3-6,15H,7-8,13H2,1-2H3,(H,14,16). The second-order valence-electron chi connectivity index (χ2n) is 4.18. The zero-order valence-corrected chi connectivity index (χ0v) is 9.66. The van der Waals surface area contributed by atoms with Crippen LogP contribution in [0.2, 0.25) is 0 Å². The largest absolute Gasteiger partial charge is 0.395 e. The normalized spacial score (nSPS) is 14.2. The maximum atomic E-state index is 10.9. The number of amides is 1. The Morgan fingerprint density at radius 2 is 2.25 bits per heavy atom. The lowest BCUT2D eigenvalue weighted by atomic mass is 9.83. The third-order valence-electron chi connectivity index (χ3n) is 2.68. The number of anilines is 1. The summed E-state index contributed by atoms with van der Waals surface area (Å²) in [6, 6.07) is 7.38. The molecular formula is C12H18N2O2. The molecule has 1 atom stereocenters. The van der Waals surface area contributed by atoms with Crippen LogP contribution in [0.25, 0.3) is 0 Å². The topological polar surface area (TPSA) is 75.4 Å². The summed E-state index contributed by atoms with van der Waals surface area (Å²) in [6.07, 6.45) is 0. The lowest BCUT2D eigenvalue weighted by Crippen LogP contribution is -2.35. The van der Waals surface area contributed by atoms with Crippen molar-refractivity contribution in [3.63, 3.8) is 0 Å². The van der Waals surface area contributed by atoms with Crippen molar-refractivity contribution >= 4 is 11.6 Å². The van der Waals surface area contributed by atoms with E-state index in [-0.39, 0.29) is 12.5 Å². The molecule has 0 radical (unpaired) electrons. The monoisotopic (exact) mass is 222 g/mol. The number of carbonyl (C=O) groups excluding carboxylic acids is 1. The predicted octanol–water partition coefficient (Wildman–Crippen LogP) is 0.854. The average molecular weight is 222 g/mol. The Kier molecular flexibility index (Phi) is 4.04. The first-order valence-corrected chi connectivity index (χ1v) is 5.21. The van der Waals surface area contributed by atoms with Crippen LogP contribution in [0.4, 0.5) is 5.69 Å². The molecule has 1 aromatic carbocycles. The summed E-state index contributed by atoms with van der Waals surface area (Å²) in [6.45, 7) is 3.68. The molecule has 0 saturated heterocycles. The van der Waals surface area contributed by atoms with E-state index in [1.54, 1.807) is 6.07 Å². The van der Waals surface area contributed by atoms with Gasteiger partial charge in [0.1, 0.15) is 0 Å². The molecule has 16 heavy (non-hydrogen) atoms. The molecule has 0 aromatic heterocycles. The van der Waals surface area contributed by atoms with Crippen molar-refractivity contribution in [2.75, 3.05) is 18.5 Å². The lowest BCUT2D eigenvalue weighted by molar-refractivity contribution is -0.114. The number of aliphatic hydroxyl groups excluding tert-OH is 1. The molecule has 1 amide bonds. The van der Waals surface area contributed by atoms with Gasteiger partial charge in [-0.25, -0.2) is 0 Å². The molecule has 1 aromatic rings. The summed E-state index contributed by atoms with van der Waals surface area (Å²) in [4.78, 5) is 10.9. The molecule has 88 valence electrons. The van der Waals surface area contributed by atoms with Gasteiger partial charge in [0.15, 0.2) is 0 Å². The first kappa shape index (κ1) is 12.7. The van der Waals surface area contributed by atoms with Gasteiger partial charge in [-0.05, 0) is 17.7 Å². The highest BCUT2D eigenvalue weighted by Crippen LogP contribution is 2.24. The minimum atomic E-state index is -0.464. The summed E-state index contributed by atoms with van der Waals surface area (Å²) in [5.74, 6) is -0.115. The highest BCUT2D eigenvalue weighted by Gasteiger charge is 2.24. The number of hydrogen-bond acceptors (Lipinski definition) is 3. The number of aliphatic hydroxyl groups is 1. The van der Waals surface area contributed by atoms with Gasteiger partial charge >= 0.3 is 0 Å². The van der Waals surface area contributed by atoms with Gasteiger partial charge in [0.2, 0.25) is 5.91 Å². The number of nitrogens with two attached hydrogens (primary N) is 1. The van der Waals surface area contributed by atoms with Crippen molar-refractivity contribution in [2.45, 2.75) is 19.3 Å². The van der Waals surface area contributed by atoms with E-state index < -0.39 is 5.41 Å². The fourth-order valence-electron chi connectivity index (χ4n) is 1.45. The van der Waals surface area contributed by atoms with Crippen molar-refractivity contribution in [1.82, 2.24) is 0 Å². The first-order chi connectivity index (χ1) is 7.51. The maximum absolute atomic E-state index is 10.9. The average Bonchev–Trinajstić information content (AvgIpc) is 2.27. The molecule has 0 fully saturated rings.